The van der Waals surface area contributed by atoms with Gasteiger partial charge in [-0.05, 0) is 30.5 Å². The number of imidazole rings is 1. The fourth-order valence-corrected chi connectivity index (χ4v) is 4.28. The molecule has 3 aromatic carbocycles. The van der Waals surface area contributed by atoms with Crippen molar-refractivity contribution in [2.24, 2.45) is 5.41 Å². The molecule has 0 unspecified atom stereocenters. The quantitative estimate of drug-likeness (QED) is 0.281. The smallest absolute Gasteiger partial charge is 0.318 e. The summed E-state index contributed by atoms with van der Waals surface area (Å²) in [4.78, 5) is 28.3. The largest absolute Gasteiger partial charge is 0.480 e. The molecule has 1 heterocycles. The van der Waals surface area contributed by atoms with E-state index in [2.05, 4.69) is 51.3 Å². The van der Waals surface area contributed by atoms with E-state index < -0.39 is 22.8 Å². The summed E-state index contributed by atoms with van der Waals surface area (Å²) in [7, 11) is 0. The molecule has 0 saturated carbocycles. The first kappa shape index (κ1) is 24.0. The summed E-state index contributed by atoms with van der Waals surface area (Å²) in [5, 5.41) is 12.0. The highest BCUT2D eigenvalue weighted by Gasteiger charge is 2.38. The van der Waals surface area contributed by atoms with E-state index in [0.717, 1.165) is 22.4 Å². The average molecular weight is 468 g/mol. The van der Waals surface area contributed by atoms with Crippen LogP contribution >= 0.6 is 0 Å². The minimum Gasteiger partial charge on any atom is -0.480 e. The first-order valence-electron chi connectivity index (χ1n) is 11.6. The summed E-state index contributed by atoms with van der Waals surface area (Å²) in [5.74, 6) is -1.67. The lowest BCUT2D eigenvalue weighted by Gasteiger charge is -2.37. The van der Waals surface area contributed by atoms with Gasteiger partial charge in [0.05, 0.1) is 12.0 Å². The third kappa shape index (κ3) is 4.60. The van der Waals surface area contributed by atoms with Crippen molar-refractivity contribution in [1.82, 2.24) is 14.9 Å². The maximum absolute atomic E-state index is 12.3. The van der Waals surface area contributed by atoms with Crippen LogP contribution in [0.4, 0.5) is 0 Å². The van der Waals surface area contributed by atoms with E-state index in [9.17, 15) is 14.7 Å². The number of nitrogens with one attached hydrogen (secondary N) is 1. The van der Waals surface area contributed by atoms with Crippen molar-refractivity contribution in [2.75, 3.05) is 6.54 Å². The Bertz CT molecular complexity index is 1190. The summed E-state index contributed by atoms with van der Waals surface area (Å²) in [6.07, 6.45) is 4.30. The highest BCUT2D eigenvalue weighted by Crippen LogP contribution is 2.40. The van der Waals surface area contributed by atoms with Crippen LogP contribution in [0.2, 0.25) is 0 Å². The predicted octanol–water partition coefficient (Wildman–Crippen LogP) is 4.49. The van der Waals surface area contributed by atoms with E-state index in [0.29, 0.717) is 13.0 Å². The predicted molar refractivity (Wildman–Crippen MR) is 135 cm³/mol. The topological polar surface area (TPSA) is 84.2 Å². The molecule has 0 spiro atoms. The molecule has 4 rings (SSSR count). The molecule has 1 aromatic heterocycles. The van der Waals surface area contributed by atoms with Gasteiger partial charge in [0.1, 0.15) is 11.0 Å². The first-order valence-corrected chi connectivity index (χ1v) is 11.6. The third-order valence-electron chi connectivity index (χ3n) is 6.37. The molecule has 0 saturated heterocycles. The number of aromatic nitrogens is 2. The maximum Gasteiger partial charge on any atom is 0.318 e. The monoisotopic (exact) mass is 467 g/mol. The molecule has 6 heteroatoms. The normalized spacial score (nSPS) is 11.7. The van der Waals surface area contributed by atoms with Gasteiger partial charge in [0.2, 0.25) is 5.91 Å². The van der Waals surface area contributed by atoms with E-state index in [1.807, 2.05) is 67.1 Å². The van der Waals surface area contributed by atoms with Crippen LogP contribution in [-0.2, 0) is 21.5 Å². The van der Waals surface area contributed by atoms with Crippen molar-refractivity contribution >= 4 is 11.9 Å². The number of amides is 1. The summed E-state index contributed by atoms with van der Waals surface area (Å²) >= 11 is 0. The lowest BCUT2D eigenvalue weighted by atomic mass is 9.77. The highest BCUT2D eigenvalue weighted by atomic mass is 16.4. The number of hydrogen-bond acceptors (Lipinski definition) is 3. The van der Waals surface area contributed by atoms with Crippen LogP contribution in [0.3, 0.4) is 0 Å². The summed E-state index contributed by atoms with van der Waals surface area (Å²) in [5.41, 5.74) is 1.95. The summed E-state index contributed by atoms with van der Waals surface area (Å²) in [6.45, 7) is 3.09. The number of carboxylic acid groups (broad SMARTS) is 1. The van der Waals surface area contributed by atoms with E-state index in [4.69, 9.17) is 0 Å². The number of aliphatic carboxylic acids is 1. The van der Waals surface area contributed by atoms with Gasteiger partial charge in [0, 0.05) is 19.2 Å². The Kier molecular flexibility index (Phi) is 6.82. The van der Waals surface area contributed by atoms with Crippen LogP contribution in [0.1, 0.15) is 36.2 Å². The Morgan fingerprint density at radius 2 is 1.29 bits per heavy atom. The summed E-state index contributed by atoms with van der Waals surface area (Å²) < 4.78 is 2.12. The number of carbonyl (C=O) groups is 2. The Morgan fingerprint density at radius 3 is 1.71 bits per heavy atom. The zero-order valence-corrected chi connectivity index (χ0v) is 19.9. The standard InChI is InChI=1S/C29H29N3O3/c1-28(2,27(34)35)26(33)30-19-18-25-20-32(21-31-25)29(22-12-6-3-7-13-22,23-14-8-4-9-15-23)24-16-10-5-11-17-24/h3-17,20-21H,18-19H2,1-2H3,(H,30,33)(H,34,35). The van der Waals surface area contributed by atoms with Gasteiger partial charge in [-0.15, -0.1) is 0 Å². The molecule has 0 aliphatic rings. The van der Waals surface area contributed by atoms with Crippen molar-refractivity contribution in [1.29, 1.82) is 0 Å². The van der Waals surface area contributed by atoms with Gasteiger partial charge in [-0.25, -0.2) is 4.98 Å². The van der Waals surface area contributed by atoms with Crippen LogP contribution in [-0.4, -0.2) is 33.1 Å². The SMILES string of the molecule is CC(C)(C(=O)O)C(=O)NCCc1cn(C(c2ccccc2)(c2ccccc2)c2ccccc2)cn1. The van der Waals surface area contributed by atoms with E-state index >= 15 is 0 Å². The number of hydrogen-bond donors (Lipinski definition) is 2. The Hall–Kier alpha value is -4.19. The highest BCUT2D eigenvalue weighted by molar-refractivity contribution is 6.00. The Labute approximate surface area is 205 Å². The Balaban J connectivity index is 1.73. The second-order valence-corrected chi connectivity index (χ2v) is 9.02. The molecule has 0 bridgehead atoms. The number of rotatable bonds is 9. The molecule has 4 aromatic rings. The van der Waals surface area contributed by atoms with Crippen LogP contribution in [0, 0.1) is 5.41 Å². The lowest BCUT2D eigenvalue weighted by Crippen LogP contribution is -2.43. The fraction of sp³-hybridized carbons (Fsp3) is 0.207. The molecule has 1 amide bonds. The van der Waals surface area contributed by atoms with Gasteiger partial charge in [-0.2, -0.15) is 0 Å². The molecule has 0 fully saturated rings. The molecule has 2 N–H and O–H groups in total. The molecule has 6 nitrogen and oxygen atoms in total. The van der Waals surface area contributed by atoms with E-state index in [1.54, 1.807) is 0 Å². The molecule has 0 aliphatic heterocycles. The third-order valence-corrected chi connectivity index (χ3v) is 6.37. The number of nitrogens with zero attached hydrogens (tertiary/aromatic N) is 2. The van der Waals surface area contributed by atoms with Gasteiger partial charge in [0.25, 0.3) is 0 Å². The second kappa shape index (κ2) is 9.97. The maximum atomic E-state index is 12.3. The molecule has 0 atom stereocenters. The zero-order valence-electron chi connectivity index (χ0n) is 19.9. The molecule has 178 valence electrons. The first-order chi connectivity index (χ1) is 16.9. The number of carbonyl (C=O) groups excluding carboxylic acids is 1. The van der Waals surface area contributed by atoms with Crippen LogP contribution in [0.5, 0.6) is 0 Å². The fourth-order valence-electron chi connectivity index (χ4n) is 4.28. The van der Waals surface area contributed by atoms with Gasteiger partial charge in [0.15, 0.2) is 0 Å². The van der Waals surface area contributed by atoms with Crippen molar-refractivity contribution in [3.8, 4) is 0 Å². The van der Waals surface area contributed by atoms with Gasteiger partial charge >= 0.3 is 5.97 Å². The van der Waals surface area contributed by atoms with Crippen LogP contribution in [0.25, 0.3) is 0 Å². The lowest BCUT2D eigenvalue weighted by molar-refractivity contribution is -0.153. The minimum absolute atomic E-state index is 0.293. The number of carboxylic acids is 1. The van der Waals surface area contributed by atoms with Gasteiger partial charge in [-0.1, -0.05) is 91.0 Å². The molecule has 0 radical (unpaired) electrons. The van der Waals surface area contributed by atoms with E-state index in [-0.39, 0.29) is 0 Å². The minimum atomic E-state index is -1.48. The van der Waals surface area contributed by atoms with Crippen LogP contribution < -0.4 is 5.32 Å². The second-order valence-electron chi connectivity index (χ2n) is 9.02. The van der Waals surface area contributed by atoms with Crippen molar-refractivity contribution in [3.63, 3.8) is 0 Å². The molecule has 0 aliphatic carbocycles. The number of benzene rings is 3. The average Bonchev–Trinajstić information content (AvgIpc) is 3.35. The van der Waals surface area contributed by atoms with Gasteiger partial charge < -0.3 is 15.0 Å². The molecular weight excluding hydrogens is 438 g/mol. The molecule has 35 heavy (non-hydrogen) atoms. The van der Waals surface area contributed by atoms with Crippen molar-refractivity contribution in [2.45, 2.75) is 25.8 Å². The molecular formula is C29H29N3O3. The van der Waals surface area contributed by atoms with Crippen molar-refractivity contribution < 1.29 is 14.7 Å². The zero-order chi connectivity index (χ0) is 24.9. The van der Waals surface area contributed by atoms with Gasteiger partial charge in [-0.3, -0.25) is 9.59 Å². The van der Waals surface area contributed by atoms with E-state index in [1.165, 1.54) is 13.8 Å². The van der Waals surface area contributed by atoms with Crippen LogP contribution in [0.15, 0.2) is 104 Å². The Morgan fingerprint density at radius 1 is 0.829 bits per heavy atom. The van der Waals surface area contributed by atoms with Crippen molar-refractivity contribution in [3.05, 3.63) is 126 Å². The summed E-state index contributed by atoms with van der Waals surface area (Å²) in [6, 6.07) is 30.9.